The largest absolute Gasteiger partial charge is 0.337 e. The molecule has 0 N–H and O–H groups in total. The van der Waals surface area contributed by atoms with Crippen molar-refractivity contribution in [2.45, 2.75) is 6.54 Å². The first kappa shape index (κ1) is 9.00. The van der Waals surface area contributed by atoms with Gasteiger partial charge in [-0.3, -0.25) is 4.90 Å². The maximum atomic E-state index is 4.05. The Morgan fingerprint density at radius 2 is 2.50 bits per heavy atom. The van der Waals surface area contributed by atoms with Crippen molar-refractivity contribution in [2.75, 3.05) is 13.6 Å². The Morgan fingerprint density at radius 1 is 1.75 bits per heavy atom. The summed E-state index contributed by atoms with van der Waals surface area (Å²) >= 11 is 0. The summed E-state index contributed by atoms with van der Waals surface area (Å²) in [6, 6.07) is 0. The van der Waals surface area contributed by atoms with E-state index < -0.39 is 0 Å². The summed E-state index contributed by atoms with van der Waals surface area (Å²) < 4.78 is 2.03. The molecule has 0 spiro atoms. The highest BCUT2D eigenvalue weighted by atomic mass is 15.1. The van der Waals surface area contributed by atoms with E-state index in [1.54, 1.807) is 0 Å². The van der Waals surface area contributed by atoms with Gasteiger partial charge in [-0.05, 0) is 7.05 Å². The lowest BCUT2D eigenvalue weighted by Crippen LogP contribution is -2.18. The van der Waals surface area contributed by atoms with E-state index in [1.807, 2.05) is 30.2 Å². The fourth-order valence-corrected chi connectivity index (χ4v) is 1.10. The Morgan fingerprint density at radius 3 is 3.00 bits per heavy atom. The zero-order valence-corrected chi connectivity index (χ0v) is 7.70. The SMILES string of the molecule is C=CCN(C)Cc1cncn1C. The zero-order valence-electron chi connectivity index (χ0n) is 7.70. The topological polar surface area (TPSA) is 21.1 Å². The maximum Gasteiger partial charge on any atom is 0.0945 e. The van der Waals surface area contributed by atoms with Gasteiger partial charge in [0.2, 0.25) is 0 Å². The van der Waals surface area contributed by atoms with Gasteiger partial charge in [-0.2, -0.15) is 0 Å². The minimum absolute atomic E-state index is 0.908. The van der Waals surface area contributed by atoms with E-state index in [2.05, 4.69) is 23.5 Å². The summed E-state index contributed by atoms with van der Waals surface area (Å²) in [5.74, 6) is 0. The molecule has 1 aromatic rings. The molecule has 1 aromatic heterocycles. The highest BCUT2D eigenvalue weighted by Gasteiger charge is 2.00. The molecule has 12 heavy (non-hydrogen) atoms. The van der Waals surface area contributed by atoms with Crippen LogP contribution in [0.5, 0.6) is 0 Å². The molecule has 0 aromatic carbocycles. The van der Waals surface area contributed by atoms with Crippen LogP contribution in [-0.4, -0.2) is 28.0 Å². The van der Waals surface area contributed by atoms with Gasteiger partial charge in [0.25, 0.3) is 0 Å². The van der Waals surface area contributed by atoms with Crippen molar-refractivity contribution in [1.29, 1.82) is 0 Å². The van der Waals surface area contributed by atoms with Crippen molar-refractivity contribution in [1.82, 2.24) is 14.5 Å². The van der Waals surface area contributed by atoms with Crippen LogP contribution in [0.4, 0.5) is 0 Å². The lowest BCUT2D eigenvalue weighted by molar-refractivity contribution is 0.354. The summed E-state index contributed by atoms with van der Waals surface area (Å²) in [5, 5.41) is 0. The van der Waals surface area contributed by atoms with E-state index in [4.69, 9.17) is 0 Å². The lowest BCUT2D eigenvalue weighted by atomic mass is 10.4. The van der Waals surface area contributed by atoms with Gasteiger partial charge in [-0.15, -0.1) is 6.58 Å². The second-order valence-electron chi connectivity index (χ2n) is 2.98. The third kappa shape index (κ3) is 2.20. The van der Waals surface area contributed by atoms with Crippen LogP contribution in [0.1, 0.15) is 5.69 Å². The van der Waals surface area contributed by atoms with Crippen molar-refractivity contribution in [2.24, 2.45) is 7.05 Å². The molecule has 1 rings (SSSR count). The normalized spacial score (nSPS) is 10.6. The summed E-state index contributed by atoms with van der Waals surface area (Å²) in [6.07, 6.45) is 5.60. The molecule has 0 unspecified atom stereocenters. The van der Waals surface area contributed by atoms with Crippen LogP contribution in [-0.2, 0) is 13.6 Å². The maximum absolute atomic E-state index is 4.05. The standard InChI is InChI=1S/C9H15N3/c1-4-5-11(2)7-9-6-10-8-12(9)3/h4,6,8H,1,5,7H2,2-3H3. The van der Waals surface area contributed by atoms with E-state index >= 15 is 0 Å². The van der Waals surface area contributed by atoms with Gasteiger partial charge in [-0.1, -0.05) is 6.08 Å². The van der Waals surface area contributed by atoms with E-state index in [0.717, 1.165) is 13.1 Å². The predicted molar refractivity (Wildman–Crippen MR) is 49.7 cm³/mol. The highest BCUT2D eigenvalue weighted by molar-refractivity contribution is 4.97. The molecule has 0 radical (unpaired) electrons. The average Bonchev–Trinajstić information content (AvgIpc) is 2.37. The Labute approximate surface area is 73.3 Å². The lowest BCUT2D eigenvalue weighted by Gasteiger charge is -2.13. The van der Waals surface area contributed by atoms with Crippen molar-refractivity contribution >= 4 is 0 Å². The Bertz CT molecular complexity index is 252. The molecule has 0 atom stereocenters. The van der Waals surface area contributed by atoms with Crippen molar-refractivity contribution in [3.63, 3.8) is 0 Å². The molecule has 0 saturated carbocycles. The van der Waals surface area contributed by atoms with Crippen LogP contribution in [0.2, 0.25) is 0 Å². The van der Waals surface area contributed by atoms with Gasteiger partial charge in [0.05, 0.1) is 12.0 Å². The van der Waals surface area contributed by atoms with Crippen LogP contribution in [0.15, 0.2) is 25.2 Å². The molecule has 0 aliphatic heterocycles. The number of rotatable bonds is 4. The predicted octanol–water partition coefficient (Wildman–Crippen LogP) is 1.04. The summed E-state index contributed by atoms with van der Waals surface area (Å²) in [6.45, 7) is 5.52. The fraction of sp³-hybridized carbons (Fsp3) is 0.444. The molecular formula is C9H15N3. The molecule has 3 nitrogen and oxygen atoms in total. The first-order valence-electron chi connectivity index (χ1n) is 3.98. The second kappa shape index (κ2) is 4.07. The van der Waals surface area contributed by atoms with Crippen LogP contribution in [0.25, 0.3) is 0 Å². The summed E-state index contributed by atoms with van der Waals surface area (Å²) in [7, 11) is 4.07. The van der Waals surface area contributed by atoms with Gasteiger partial charge in [0.1, 0.15) is 0 Å². The van der Waals surface area contributed by atoms with Crippen LogP contribution in [0.3, 0.4) is 0 Å². The monoisotopic (exact) mass is 165 g/mol. The first-order valence-corrected chi connectivity index (χ1v) is 3.98. The third-order valence-corrected chi connectivity index (χ3v) is 1.79. The van der Waals surface area contributed by atoms with Gasteiger partial charge < -0.3 is 4.57 Å². The van der Waals surface area contributed by atoms with Gasteiger partial charge >= 0.3 is 0 Å². The average molecular weight is 165 g/mol. The zero-order chi connectivity index (χ0) is 8.97. The van der Waals surface area contributed by atoms with Crippen molar-refractivity contribution < 1.29 is 0 Å². The van der Waals surface area contributed by atoms with Crippen LogP contribution in [0, 0.1) is 0 Å². The number of hydrogen-bond donors (Lipinski definition) is 0. The molecule has 0 amide bonds. The Kier molecular flexibility index (Phi) is 3.05. The van der Waals surface area contributed by atoms with Gasteiger partial charge in [0.15, 0.2) is 0 Å². The molecule has 0 bridgehead atoms. The quantitative estimate of drug-likeness (QED) is 0.621. The molecular weight excluding hydrogens is 150 g/mol. The number of aryl methyl sites for hydroxylation is 1. The van der Waals surface area contributed by atoms with E-state index in [9.17, 15) is 0 Å². The van der Waals surface area contributed by atoms with E-state index in [-0.39, 0.29) is 0 Å². The molecule has 1 heterocycles. The second-order valence-corrected chi connectivity index (χ2v) is 2.98. The molecule has 3 heteroatoms. The van der Waals surface area contributed by atoms with Gasteiger partial charge in [0, 0.05) is 26.3 Å². The molecule has 0 saturated heterocycles. The fourth-order valence-electron chi connectivity index (χ4n) is 1.10. The van der Waals surface area contributed by atoms with E-state index in [1.165, 1.54) is 5.69 Å². The molecule has 0 fully saturated rings. The van der Waals surface area contributed by atoms with Gasteiger partial charge in [-0.25, -0.2) is 4.98 Å². The van der Waals surface area contributed by atoms with Crippen molar-refractivity contribution in [3.05, 3.63) is 30.9 Å². The number of nitrogens with zero attached hydrogens (tertiary/aromatic N) is 3. The minimum atomic E-state index is 0.908. The highest BCUT2D eigenvalue weighted by Crippen LogP contribution is 2.00. The van der Waals surface area contributed by atoms with Crippen LogP contribution < -0.4 is 0 Å². The summed E-state index contributed by atoms with van der Waals surface area (Å²) in [5.41, 5.74) is 1.22. The van der Waals surface area contributed by atoms with Crippen molar-refractivity contribution in [3.8, 4) is 0 Å². The summed E-state index contributed by atoms with van der Waals surface area (Å²) in [4.78, 5) is 6.23. The smallest absolute Gasteiger partial charge is 0.0945 e. The third-order valence-electron chi connectivity index (χ3n) is 1.79. The molecule has 66 valence electrons. The van der Waals surface area contributed by atoms with E-state index in [0.29, 0.717) is 0 Å². The number of likely N-dealkylation sites (N-methyl/N-ethyl adjacent to an activating group) is 1. The Hall–Kier alpha value is -1.09. The molecule has 0 aliphatic rings. The Balaban J connectivity index is 2.51. The number of aromatic nitrogens is 2. The van der Waals surface area contributed by atoms with Crippen LogP contribution >= 0.6 is 0 Å². The first-order chi connectivity index (χ1) is 5.74. The number of hydrogen-bond acceptors (Lipinski definition) is 2. The number of imidazole rings is 1. The molecule has 0 aliphatic carbocycles. The minimum Gasteiger partial charge on any atom is -0.337 e.